The molecule has 0 atom stereocenters. The Bertz CT molecular complexity index is 48.9. The first-order chi connectivity index (χ1) is 3.39. The Morgan fingerprint density at radius 1 is 1.29 bits per heavy atom. The molecule has 1 saturated heterocycles. The number of hydrogen-bond donors (Lipinski definition) is 1. The van der Waals surface area contributed by atoms with Gasteiger partial charge in [-0.1, -0.05) is 0 Å². The van der Waals surface area contributed by atoms with Crippen molar-refractivity contribution in [1.29, 1.82) is 0 Å². The van der Waals surface area contributed by atoms with Gasteiger partial charge >= 0.3 is 0 Å². The van der Waals surface area contributed by atoms with E-state index in [9.17, 15) is 0 Å². The van der Waals surface area contributed by atoms with E-state index < -0.39 is 0 Å². The maximum absolute atomic E-state index is 4.29. The van der Waals surface area contributed by atoms with E-state index in [2.05, 4.69) is 12.6 Å². The summed E-state index contributed by atoms with van der Waals surface area (Å²) in [5.74, 6) is 2.61. The Morgan fingerprint density at radius 3 is 2.14 bits per heavy atom. The van der Waals surface area contributed by atoms with Crippen LogP contribution in [0.25, 0.3) is 0 Å². The van der Waals surface area contributed by atoms with Gasteiger partial charge in [-0.05, 0) is 17.9 Å². The van der Waals surface area contributed by atoms with Gasteiger partial charge in [0.1, 0.15) is 0 Å². The van der Waals surface area contributed by atoms with Crippen molar-refractivity contribution in [2.75, 3.05) is 11.5 Å². The van der Waals surface area contributed by atoms with Crippen molar-refractivity contribution >= 4 is 36.2 Å². The molecule has 1 aliphatic heterocycles. The van der Waals surface area contributed by atoms with Gasteiger partial charge in [0.2, 0.25) is 0 Å². The molecule has 1 rings (SSSR count). The molecule has 0 unspecified atom stereocenters. The van der Waals surface area contributed by atoms with Gasteiger partial charge in [0, 0.05) is 0 Å². The summed E-state index contributed by atoms with van der Waals surface area (Å²) in [5.41, 5.74) is 0. The molecule has 0 saturated carbocycles. The molecule has 0 bridgehead atoms. The zero-order valence-corrected chi connectivity index (χ0v) is 6.49. The molecule has 1 heterocycles. The second-order valence-corrected chi connectivity index (χ2v) is 5.34. The van der Waals surface area contributed by atoms with Crippen molar-refractivity contribution in [2.45, 2.75) is 10.3 Å². The first kappa shape index (κ1) is 6.17. The SMILES string of the molecule is SC1SCCCS1. The second-order valence-electron chi connectivity index (χ2n) is 1.40. The lowest BCUT2D eigenvalue weighted by molar-refractivity contribution is 1.12. The van der Waals surface area contributed by atoms with Crippen LogP contribution in [0.15, 0.2) is 0 Å². The third kappa shape index (κ3) is 2.20. The van der Waals surface area contributed by atoms with E-state index in [1.165, 1.54) is 17.9 Å². The van der Waals surface area contributed by atoms with Crippen molar-refractivity contribution in [3.05, 3.63) is 0 Å². The highest BCUT2D eigenvalue weighted by Crippen LogP contribution is 2.32. The van der Waals surface area contributed by atoms with Crippen LogP contribution in [0.2, 0.25) is 0 Å². The third-order valence-electron chi connectivity index (χ3n) is 0.810. The Hall–Kier alpha value is 1.05. The van der Waals surface area contributed by atoms with Crippen LogP contribution in [-0.2, 0) is 0 Å². The van der Waals surface area contributed by atoms with Crippen LogP contribution < -0.4 is 0 Å². The quantitative estimate of drug-likeness (QED) is 0.528. The number of rotatable bonds is 0. The zero-order valence-electron chi connectivity index (χ0n) is 3.96. The Labute approximate surface area is 58.2 Å². The summed E-state index contributed by atoms with van der Waals surface area (Å²) in [6, 6.07) is 0. The number of thioether (sulfide) groups is 2. The maximum atomic E-state index is 4.29. The first-order valence-corrected chi connectivity index (χ1v) is 4.92. The van der Waals surface area contributed by atoms with Gasteiger partial charge in [0.15, 0.2) is 0 Å². The highest BCUT2D eigenvalue weighted by molar-refractivity contribution is 8.28. The van der Waals surface area contributed by atoms with Gasteiger partial charge in [0.25, 0.3) is 0 Å². The van der Waals surface area contributed by atoms with Crippen LogP contribution in [0.1, 0.15) is 6.42 Å². The molecule has 0 nitrogen and oxygen atoms in total. The summed E-state index contributed by atoms with van der Waals surface area (Å²) in [7, 11) is 0. The standard InChI is InChI=1S/C4H8S3/c5-4-6-2-1-3-7-4/h4-5H,1-3H2. The summed E-state index contributed by atoms with van der Waals surface area (Å²) < 4.78 is 0.564. The Kier molecular flexibility index (Phi) is 2.78. The first-order valence-electron chi connectivity index (χ1n) is 2.31. The molecule has 3 heteroatoms. The average Bonchev–Trinajstić information content (AvgIpc) is 1.69. The highest BCUT2D eigenvalue weighted by Gasteiger charge is 2.07. The van der Waals surface area contributed by atoms with E-state index in [0.717, 1.165) is 0 Å². The number of hydrogen-bond acceptors (Lipinski definition) is 3. The smallest absolute Gasteiger partial charge is 0.0927 e. The predicted octanol–water partition coefficient (Wildman–Crippen LogP) is 2.07. The summed E-state index contributed by atoms with van der Waals surface area (Å²) >= 11 is 8.18. The summed E-state index contributed by atoms with van der Waals surface area (Å²) in [5, 5.41) is 0. The molecular formula is C4H8S3. The van der Waals surface area contributed by atoms with Gasteiger partial charge in [-0.25, -0.2) is 0 Å². The summed E-state index contributed by atoms with van der Waals surface area (Å²) in [6.07, 6.45) is 1.37. The van der Waals surface area contributed by atoms with E-state index in [1.807, 2.05) is 23.5 Å². The van der Waals surface area contributed by atoms with Crippen molar-refractivity contribution in [1.82, 2.24) is 0 Å². The van der Waals surface area contributed by atoms with Crippen LogP contribution >= 0.6 is 36.2 Å². The van der Waals surface area contributed by atoms with Crippen molar-refractivity contribution < 1.29 is 0 Å². The topological polar surface area (TPSA) is 0 Å². The van der Waals surface area contributed by atoms with Gasteiger partial charge in [0.05, 0.1) is 3.91 Å². The molecule has 0 aromatic heterocycles. The van der Waals surface area contributed by atoms with Crippen LogP contribution in [0.5, 0.6) is 0 Å². The molecule has 0 aromatic rings. The van der Waals surface area contributed by atoms with Gasteiger partial charge in [-0.3, -0.25) is 0 Å². The summed E-state index contributed by atoms with van der Waals surface area (Å²) in [4.78, 5) is 0. The lowest BCUT2D eigenvalue weighted by Crippen LogP contribution is -1.98. The molecule has 0 N–H and O–H groups in total. The molecule has 0 radical (unpaired) electrons. The molecule has 0 aromatic carbocycles. The monoisotopic (exact) mass is 152 g/mol. The van der Waals surface area contributed by atoms with Crippen LogP contribution in [0.4, 0.5) is 0 Å². The normalized spacial score (nSPS) is 25.3. The number of thiol groups is 1. The van der Waals surface area contributed by atoms with E-state index in [1.54, 1.807) is 0 Å². The van der Waals surface area contributed by atoms with Crippen LogP contribution in [-0.4, -0.2) is 15.4 Å². The van der Waals surface area contributed by atoms with E-state index in [-0.39, 0.29) is 0 Å². The molecule has 0 amide bonds. The fraction of sp³-hybridized carbons (Fsp3) is 1.00. The Morgan fingerprint density at radius 2 is 1.86 bits per heavy atom. The molecule has 1 aliphatic rings. The third-order valence-corrected chi connectivity index (χ3v) is 4.14. The van der Waals surface area contributed by atoms with Crippen LogP contribution in [0.3, 0.4) is 0 Å². The minimum absolute atomic E-state index is 0.564. The van der Waals surface area contributed by atoms with Gasteiger partial charge in [-0.15, -0.1) is 23.5 Å². The fourth-order valence-electron chi connectivity index (χ4n) is 0.475. The van der Waals surface area contributed by atoms with Crippen molar-refractivity contribution in [3.63, 3.8) is 0 Å². The minimum Gasteiger partial charge on any atom is -0.154 e. The predicted molar refractivity (Wildman–Crippen MR) is 42.3 cm³/mol. The van der Waals surface area contributed by atoms with Crippen molar-refractivity contribution in [3.8, 4) is 0 Å². The lowest BCUT2D eigenvalue weighted by Gasteiger charge is -2.14. The van der Waals surface area contributed by atoms with E-state index in [4.69, 9.17) is 0 Å². The molecule has 42 valence electrons. The molecular weight excluding hydrogens is 144 g/mol. The summed E-state index contributed by atoms with van der Waals surface area (Å²) in [6.45, 7) is 0. The maximum Gasteiger partial charge on any atom is 0.0927 e. The van der Waals surface area contributed by atoms with Gasteiger partial charge in [-0.2, -0.15) is 12.6 Å². The molecule has 7 heavy (non-hydrogen) atoms. The van der Waals surface area contributed by atoms with E-state index in [0.29, 0.717) is 3.91 Å². The zero-order chi connectivity index (χ0) is 5.11. The van der Waals surface area contributed by atoms with Gasteiger partial charge < -0.3 is 0 Å². The second kappa shape index (κ2) is 3.15. The molecule has 0 spiro atoms. The minimum atomic E-state index is 0.564. The van der Waals surface area contributed by atoms with Crippen molar-refractivity contribution in [2.24, 2.45) is 0 Å². The molecule has 1 fully saturated rings. The average molecular weight is 152 g/mol. The lowest BCUT2D eigenvalue weighted by atomic mass is 10.6. The van der Waals surface area contributed by atoms with Crippen LogP contribution in [0, 0.1) is 0 Å². The largest absolute Gasteiger partial charge is 0.154 e. The Balaban J connectivity index is 2.12. The highest BCUT2D eigenvalue weighted by atomic mass is 32.3. The van der Waals surface area contributed by atoms with E-state index >= 15 is 0 Å². The molecule has 0 aliphatic carbocycles. The fourth-order valence-corrected chi connectivity index (χ4v) is 3.28.